The highest BCUT2D eigenvalue weighted by molar-refractivity contribution is 5.77. The molecule has 0 amide bonds. The molecule has 0 spiro atoms. The molecule has 0 aliphatic heterocycles. The van der Waals surface area contributed by atoms with Crippen LogP contribution in [-0.4, -0.2) is 38.0 Å². The number of rotatable bonds is 7. The molecular formula is C24H26N4O5. The number of aromatic nitrogens is 4. The molecule has 4 rings (SSSR count). The molecule has 0 radical (unpaired) electrons. The van der Waals surface area contributed by atoms with E-state index in [0.29, 0.717) is 17.9 Å². The Bertz CT molecular complexity index is 1390. The monoisotopic (exact) mass is 450 g/mol. The second-order valence-electron chi connectivity index (χ2n) is 7.72. The molecule has 0 saturated heterocycles. The average molecular weight is 450 g/mol. The number of fused-ring (bicyclic) bond motifs is 1. The van der Waals surface area contributed by atoms with Gasteiger partial charge in [-0.25, -0.2) is 18.9 Å². The van der Waals surface area contributed by atoms with Gasteiger partial charge in [0.25, 0.3) is 5.56 Å². The number of hydrogen-bond acceptors (Lipinski definition) is 6. The summed E-state index contributed by atoms with van der Waals surface area (Å²) in [5.74, 6) is 0.607. The van der Waals surface area contributed by atoms with E-state index < -0.39 is 23.7 Å². The maximum atomic E-state index is 13.7. The zero-order valence-electron chi connectivity index (χ0n) is 18.9. The lowest BCUT2D eigenvalue weighted by Gasteiger charge is -2.19. The highest BCUT2D eigenvalue weighted by Gasteiger charge is 2.26. The molecule has 0 saturated carbocycles. The van der Waals surface area contributed by atoms with E-state index >= 15 is 0 Å². The van der Waals surface area contributed by atoms with E-state index in [-0.39, 0.29) is 16.9 Å². The van der Waals surface area contributed by atoms with Gasteiger partial charge in [-0.2, -0.15) is 0 Å². The largest absolute Gasteiger partial charge is 0.508 e. The van der Waals surface area contributed by atoms with Gasteiger partial charge in [-0.3, -0.25) is 4.79 Å². The van der Waals surface area contributed by atoms with E-state index in [1.165, 1.54) is 18.8 Å². The molecule has 0 aliphatic rings. The molecule has 2 unspecified atom stereocenters. The standard InChI is InChI=1S/C24H26N4O5/c1-15(32-3)27-22-20(23(30)28(24(27)31)16(2)33-4)26(14-17-8-6-5-7-9-17)21(25-22)18-10-12-19(29)13-11-18/h5-13,15-16,29H,14H2,1-4H3. The number of imidazole rings is 1. The lowest BCUT2D eigenvalue weighted by molar-refractivity contribution is 0.0374. The van der Waals surface area contributed by atoms with E-state index in [0.717, 1.165) is 10.1 Å². The van der Waals surface area contributed by atoms with E-state index in [4.69, 9.17) is 14.5 Å². The van der Waals surface area contributed by atoms with Crippen molar-refractivity contribution in [3.63, 3.8) is 0 Å². The maximum absolute atomic E-state index is 13.7. The van der Waals surface area contributed by atoms with Crippen LogP contribution in [0.3, 0.4) is 0 Å². The van der Waals surface area contributed by atoms with Crippen LogP contribution in [0.25, 0.3) is 22.6 Å². The minimum atomic E-state index is -0.790. The SMILES string of the molecule is COC(C)n1c(=O)c2c(nc(-c3ccc(O)cc3)n2Cc2ccccc2)n(C(C)OC)c1=O. The number of benzene rings is 2. The first-order chi connectivity index (χ1) is 15.9. The van der Waals surface area contributed by atoms with Crippen LogP contribution in [0.5, 0.6) is 5.75 Å². The molecule has 9 heteroatoms. The van der Waals surface area contributed by atoms with Gasteiger partial charge in [-0.15, -0.1) is 0 Å². The summed E-state index contributed by atoms with van der Waals surface area (Å²) in [6.07, 6.45) is -1.47. The first-order valence-electron chi connectivity index (χ1n) is 10.5. The summed E-state index contributed by atoms with van der Waals surface area (Å²) in [4.78, 5) is 31.7. The van der Waals surface area contributed by atoms with Crippen molar-refractivity contribution in [2.45, 2.75) is 32.8 Å². The summed E-state index contributed by atoms with van der Waals surface area (Å²) in [5.41, 5.74) is 1.05. The van der Waals surface area contributed by atoms with E-state index in [2.05, 4.69) is 0 Å². The first kappa shape index (κ1) is 22.5. The molecule has 4 aromatic rings. The Morgan fingerprint density at radius 1 is 0.909 bits per heavy atom. The predicted octanol–water partition coefficient (Wildman–Crippen LogP) is 3.11. The molecule has 33 heavy (non-hydrogen) atoms. The van der Waals surface area contributed by atoms with Crippen LogP contribution >= 0.6 is 0 Å². The Morgan fingerprint density at radius 3 is 2.12 bits per heavy atom. The smallest absolute Gasteiger partial charge is 0.337 e. The van der Waals surface area contributed by atoms with Crippen LogP contribution < -0.4 is 11.2 Å². The molecule has 0 bridgehead atoms. The van der Waals surface area contributed by atoms with Gasteiger partial charge in [0.15, 0.2) is 11.2 Å². The predicted molar refractivity (Wildman–Crippen MR) is 124 cm³/mol. The van der Waals surface area contributed by atoms with Gasteiger partial charge in [0.05, 0.1) is 0 Å². The van der Waals surface area contributed by atoms with Gasteiger partial charge in [0, 0.05) is 26.3 Å². The Balaban J connectivity index is 2.14. The number of phenolic OH excluding ortho intramolecular Hbond substituents is 1. The number of ether oxygens (including phenoxy) is 2. The summed E-state index contributed by atoms with van der Waals surface area (Å²) in [7, 11) is 2.92. The number of methoxy groups -OCH3 is 2. The van der Waals surface area contributed by atoms with Gasteiger partial charge in [0.1, 0.15) is 24.0 Å². The van der Waals surface area contributed by atoms with E-state index in [1.807, 2.05) is 30.3 Å². The third-order valence-electron chi connectivity index (χ3n) is 5.73. The van der Waals surface area contributed by atoms with E-state index in [9.17, 15) is 14.7 Å². The summed E-state index contributed by atoms with van der Waals surface area (Å²) >= 11 is 0. The summed E-state index contributed by atoms with van der Waals surface area (Å²) < 4.78 is 15.0. The third kappa shape index (κ3) is 3.96. The van der Waals surface area contributed by atoms with Crippen molar-refractivity contribution in [1.82, 2.24) is 18.7 Å². The van der Waals surface area contributed by atoms with Crippen molar-refractivity contribution >= 4 is 11.2 Å². The summed E-state index contributed by atoms with van der Waals surface area (Å²) in [6, 6.07) is 16.2. The topological polar surface area (TPSA) is 101 Å². The van der Waals surface area contributed by atoms with Crippen LogP contribution in [0.1, 0.15) is 31.9 Å². The van der Waals surface area contributed by atoms with Crippen LogP contribution in [0, 0.1) is 0 Å². The minimum absolute atomic E-state index is 0.116. The van der Waals surface area contributed by atoms with Gasteiger partial charge in [-0.1, -0.05) is 30.3 Å². The summed E-state index contributed by atoms with van der Waals surface area (Å²) in [5, 5.41) is 9.75. The summed E-state index contributed by atoms with van der Waals surface area (Å²) in [6.45, 7) is 3.70. The first-order valence-corrected chi connectivity index (χ1v) is 10.5. The van der Waals surface area contributed by atoms with Crippen LogP contribution in [0.4, 0.5) is 0 Å². The molecule has 9 nitrogen and oxygen atoms in total. The van der Waals surface area contributed by atoms with Crippen molar-refractivity contribution < 1.29 is 14.6 Å². The molecule has 2 atom stereocenters. The number of aromatic hydroxyl groups is 1. The van der Waals surface area contributed by atoms with Gasteiger partial charge >= 0.3 is 5.69 Å². The highest BCUT2D eigenvalue weighted by atomic mass is 16.5. The van der Waals surface area contributed by atoms with Crippen LogP contribution in [-0.2, 0) is 16.0 Å². The van der Waals surface area contributed by atoms with Crippen LogP contribution in [0.15, 0.2) is 64.2 Å². The molecule has 0 aliphatic carbocycles. The average Bonchev–Trinajstić information content (AvgIpc) is 3.18. The Kier molecular flexibility index (Phi) is 6.17. The Hall–Kier alpha value is -3.69. The molecule has 2 aromatic heterocycles. The fourth-order valence-electron chi connectivity index (χ4n) is 3.84. The quantitative estimate of drug-likeness (QED) is 0.464. The van der Waals surface area contributed by atoms with Crippen molar-refractivity contribution in [1.29, 1.82) is 0 Å². The van der Waals surface area contributed by atoms with E-state index in [1.54, 1.807) is 42.7 Å². The molecule has 0 fully saturated rings. The second-order valence-corrected chi connectivity index (χ2v) is 7.72. The zero-order chi connectivity index (χ0) is 23.7. The molecule has 172 valence electrons. The molecular weight excluding hydrogens is 424 g/mol. The number of hydrogen-bond donors (Lipinski definition) is 1. The maximum Gasteiger partial charge on any atom is 0.337 e. The van der Waals surface area contributed by atoms with Crippen molar-refractivity contribution in [2.75, 3.05) is 14.2 Å². The van der Waals surface area contributed by atoms with Crippen molar-refractivity contribution in [3.8, 4) is 17.1 Å². The van der Waals surface area contributed by atoms with Gasteiger partial charge < -0.3 is 19.1 Å². The number of phenols is 1. The number of nitrogens with zero attached hydrogens (tertiary/aromatic N) is 4. The lowest BCUT2D eigenvalue weighted by atomic mass is 10.2. The third-order valence-corrected chi connectivity index (χ3v) is 5.73. The molecule has 2 heterocycles. The zero-order valence-corrected chi connectivity index (χ0v) is 18.9. The van der Waals surface area contributed by atoms with Crippen molar-refractivity contribution in [2.24, 2.45) is 0 Å². The Morgan fingerprint density at radius 2 is 1.52 bits per heavy atom. The lowest BCUT2D eigenvalue weighted by Crippen LogP contribution is -2.43. The molecule has 2 aromatic carbocycles. The fraction of sp³-hybridized carbons (Fsp3) is 0.292. The fourth-order valence-corrected chi connectivity index (χ4v) is 3.84. The minimum Gasteiger partial charge on any atom is -0.508 e. The van der Waals surface area contributed by atoms with Gasteiger partial charge in [-0.05, 0) is 43.7 Å². The normalized spacial score (nSPS) is 13.3. The Labute approximate surface area is 190 Å². The van der Waals surface area contributed by atoms with Crippen molar-refractivity contribution in [3.05, 3.63) is 81.0 Å². The van der Waals surface area contributed by atoms with Gasteiger partial charge in [0.2, 0.25) is 0 Å². The second kappa shape index (κ2) is 9.05. The van der Waals surface area contributed by atoms with Crippen LogP contribution in [0.2, 0.25) is 0 Å². The molecule has 1 N–H and O–H groups in total. The highest BCUT2D eigenvalue weighted by Crippen LogP contribution is 2.27.